The molecule has 0 unspecified atom stereocenters. The van der Waals surface area contributed by atoms with Gasteiger partial charge in [0.05, 0.1) is 5.75 Å². The van der Waals surface area contributed by atoms with Crippen LogP contribution in [0.3, 0.4) is 0 Å². The Morgan fingerprint density at radius 1 is 1.30 bits per heavy atom. The first-order chi connectivity index (χ1) is 9.59. The molecule has 0 atom stereocenters. The lowest BCUT2D eigenvalue weighted by molar-refractivity contribution is 0.0956. The zero-order chi connectivity index (χ0) is 14.4. The molecular formula is C12H17N3O3S2. The molecule has 0 radical (unpaired) electrons. The van der Waals surface area contributed by atoms with Crippen molar-refractivity contribution in [1.29, 1.82) is 0 Å². The molecule has 0 bridgehead atoms. The summed E-state index contributed by atoms with van der Waals surface area (Å²) in [6.07, 6.45) is 3.05. The fourth-order valence-corrected chi connectivity index (χ4v) is 4.34. The first-order valence-corrected chi connectivity index (χ1v) is 9.10. The Bertz CT molecular complexity index is 542. The number of thioether (sulfide) groups is 1. The van der Waals surface area contributed by atoms with E-state index in [1.165, 1.54) is 16.7 Å². The number of hydrogen-bond donors (Lipinski definition) is 1. The molecule has 1 aliphatic heterocycles. The van der Waals surface area contributed by atoms with Crippen molar-refractivity contribution in [2.75, 3.05) is 36.9 Å². The topological polar surface area (TPSA) is 79.4 Å². The van der Waals surface area contributed by atoms with Crippen LogP contribution in [-0.2, 0) is 10.0 Å². The summed E-state index contributed by atoms with van der Waals surface area (Å²) in [6, 6.07) is 3.18. The van der Waals surface area contributed by atoms with E-state index in [4.69, 9.17) is 0 Å². The van der Waals surface area contributed by atoms with Gasteiger partial charge in [-0.05, 0) is 12.1 Å². The summed E-state index contributed by atoms with van der Waals surface area (Å²) in [6.45, 7) is 1.24. The molecule has 6 nitrogen and oxygen atoms in total. The molecule has 2 rings (SSSR count). The van der Waals surface area contributed by atoms with Crippen LogP contribution in [0, 0.1) is 0 Å². The maximum atomic E-state index is 12.1. The molecule has 0 spiro atoms. The number of amides is 1. The van der Waals surface area contributed by atoms with Gasteiger partial charge in [0.2, 0.25) is 10.0 Å². The number of nitrogens with one attached hydrogen (secondary N) is 1. The van der Waals surface area contributed by atoms with Crippen molar-refractivity contribution in [3.05, 3.63) is 30.1 Å². The second-order valence-electron chi connectivity index (χ2n) is 4.32. The van der Waals surface area contributed by atoms with E-state index in [1.54, 1.807) is 23.9 Å². The first kappa shape index (κ1) is 15.3. The summed E-state index contributed by atoms with van der Waals surface area (Å²) < 4.78 is 25.6. The molecule has 2 heterocycles. The van der Waals surface area contributed by atoms with Gasteiger partial charge >= 0.3 is 0 Å². The summed E-state index contributed by atoms with van der Waals surface area (Å²) >= 11 is 1.76. The van der Waals surface area contributed by atoms with Crippen LogP contribution < -0.4 is 5.32 Å². The van der Waals surface area contributed by atoms with Gasteiger partial charge in [-0.2, -0.15) is 11.8 Å². The van der Waals surface area contributed by atoms with Gasteiger partial charge in [-0.15, -0.1) is 0 Å². The molecule has 1 amide bonds. The monoisotopic (exact) mass is 315 g/mol. The highest BCUT2D eigenvalue weighted by Crippen LogP contribution is 2.13. The Kier molecular flexibility index (Phi) is 5.38. The van der Waals surface area contributed by atoms with Crippen molar-refractivity contribution in [3.8, 4) is 0 Å². The zero-order valence-corrected chi connectivity index (χ0v) is 12.6. The maximum absolute atomic E-state index is 12.1. The fraction of sp³-hybridized carbons (Fsp3) is 0.500. The summed E-state index contributed by atoms with van der Waals surface area (Å²) in [5, 5.41) is 2.62. The van der Waals surface area contributed by atoms with Crippen molar-refractivity contribution < 1.29 is 13.2 Å². The molecular weight excluding hydrogens is 298 g/mol. The molecule has 1 N–H and O–H groups in total. The SMILES string of the molecule is O=C(NCCS(=O)(=O)N1CCSCC1)c1ccncc1. The summed E-state index contributed by atoms with van der Waals surface area (Å²) in [4.78, 5) is 15.6. The van der Waals surface area contributed by atoms with Gasteiger partial charge in [0.25, 0.3) is 5.91 Å². The van der Waals surface area contributed by atoms with E-state index in [1.807, 2.05) is 0 Å². The number of carbonyl (C=O) groups excluding carboxylic acids is 1. The van der Waals surface area contributed by atoms with Crippen molar-refractivity contribution in [2.24, 2.45) is 0 Å². The molecule has 1 aromatic rings. The average Bonchev–Trinajstić information content (AvgIpc) is 2.49. The summed E-state index contributed by atoms with van der Waals surface area (Å²) in [7, 11) is -3.27. The van der Waals surface area contributed by atoms with Crippen LogP contribution in [0.15, 0.2) is 24.5 Å². The van der Waals surface area contributed by atoms with E-state index in [9.17, 15) is 13.2 Å². The molecule has 0 saturated carbocycles. The highest BCUT2D eigenvalue weighted by molar-refractivity contribution is 7.99. The van der Waals surface area contributed by atoms with Gasteiger partial charge in [0.1, 0.15) is 0 Å². The lowest BCUT2D eigenvalue weighted by Crippen LogP contribution is -2.41. The van der Waals surface area contributed by atoms with Crippen LogP contribution in [0.1, 0.15) is 10.4 Å². The van der Waals surface area contributed by atoms with Crippen molar-refractivity contribution in [1.82, 2.24) is 14.6 Å². The minimum absolute atomic E-state index is 0.0610. The molecule has 110 valence electrons. The number of sulfonamides is 1. The van der Waals surface area contributed by atoms with Crippen LogP contribution in [0.2, 0.25) is 0 Å². The van der Waals surface area contributed by atoms with E-state index in [0.717, 1.165) is 11.5 Å². The Hall–Kier alpha value is -1.12. The molecule has 1 saturated heterocycles. The Balaban J connectivity index is 1.81. The van der Waals surface area contributed by atoms with E-state index >= 15 is 0 Å². The van der Waals surface area contributed by atoms with Crippen LogP contribution in [0.5, 0.6) is 0 Å². The molecule has 20 heavy (non-hydrogen) atoms. The number of rotatable bonds is 5. The highest BCUT2D eigenvalue weighted by Gasteiger charge is 2.23. The van der Waals surface area contributed by atoms with Crippen LogP contribution in [0.25, 0.3) is 0 Å². The third-order valence-electron chi connectivity index (χ3n) is 2.95. The van der Waals surface area contributed by atoms with E-state index in [0.29, 0.717) is 18.7 Å². The van der Waals surface area contributed by atoms with Crippen LogP contribution in [-0.4, -0.2) is 60.5 Å². The Morgan fingerprint density at radius 2 is 1.95 bits per heavy atom. The second-order valence-corrected chi connectivity index (χ2v) is 7.63. The zero-order valence-electron chi connectivity index (χ0n) is 11.0. The minimum Gasteiger partial charge on any atom is -0.351 e. The van der Waals surface area contributed by atoms with Crippen molar-refractivity contribution in [3.63, 3.8) is 0 Å². The van der Waals surface area contributed by atoms with Crippen molar-refractivity contribution >= 4 is 27.7 Å². The van der Waals surface area contributed by atoms with E-state index in [-0.39, 0.29) is 18.2 Å². The average molecular weight is 315 g/mol. The van der Waals surface area contributed by atoms with E-state index < -0.39 is 10.0 Å². The molecule has 0 aliphatic carbocycles. The van der Waals surface area contributed by atoms with Crippen LogP contribution >= 0.6 is 11.8 Å². The quantitative estimate of drug-likeness (QED) is 0.839. The Labute approximate surface area is 123 Å². The highest BCUT2D eigenvalue weighted by atomic mass is 32.2. The number of aromatic nitrogens is 1. The molecule has 1 aliphatic rings. The lowest BCUT2D eigenvalue weighted by Gasteiger charge is -2.25. The van der Waals surface area contributed by atoms with Gasteiger partial charge in [-0.1, -0.05) is 0 Å². The van der Waals surface area contributed by atoms with Gasteiger partial charge < -0.3 is 5.32 Å². The first-order valence-electron chi connectivity index (χ1n) is 6.33. The summed E-state index contributed by atoms with van der Waals surface area (Å²) in [5.74, 6) is 1.33. The van der Waals surface area contributed by atoms with Gasteiger partial charge in [-0.3, -0.25) is 9.78 Å². The van der Waals surface area contributed by atoms with E-state index in [2.05, 4.69) is 10.3 Å². The fourth-order valence-electron chi connectivity index (χ4n) is 1.85. The normalized spacial score (nSPS) is 16.8. The summed E-state index contributed by atoms with van der Waals surface area (Å²) in [5.41, 5.74) is 0.478. The minimum atomic E-state index is -3.27. The molecule has 1 fully saturated rings. The lowest BCUT2D eigenvalue weighted by atomic mass is 10.2. The third kappa shape index (κ3) is 4.19. The standard InChI is InChI=1S/C12H17N3O3S2/c16-12(11-1-3-13-4-2-11)14-5-10-20(17,18)15-6-8-19-9-7-15/h1-4H,5-10H2,(H,14,16). The predicted molar refractivity (Wildman–Crippen MR) is 79.3 cm³/mol. The maximum Gasteiger partial charge on any atom is 0.251 e. The van der Waals surface area contributed by atoms with Crippen LogP contribution in [0.4, 0.5) is 0 Å². The number of nitrogens with zero attached hydrogens (tertiary/aromatic N) is 2. The predicted octanol–water partition coefficient (Wildman–Crippen LogP) is 0.190. The Morgan fingerprint density at radius 3 is 2.60 bits per heavy atom. The van der Waals surface area contributed by atoms with Gasteiger partial charge in [0.15, 0.2) is 0 Å². The number of pyridine rings is 1. The number of carbonyl (C=O) groups is 1. The third-order valence-corrected chi connectivity index (χ3v) is 5.77. The molecule has 8 heteroatoms. The smallest absolute Gasteiger partial charge is 0.251 e. The van der Waals surface area contributed by atoms with Gasteiger partial charge in [-0.25, -0.2) is 12.7 Å². The second kappa shape index (κ2) is 7.05. The molecule has 1 aromatic heterocycles. The number of hydrogen-bond acceptors (Lipinski definition) is 5. The largest absolute Gasteiger partial charge is 0.351 e. The molecule has 0 aromatic carbocycles. The van der Waals surface area contributed by atoms with Gasteiger partial charge in [0, 0.05) is 49.1 Å². The van der Waals surface area contributed by atoms with Crippen molar-refractivity contribution in [2.45, 2.75) is 0 Å².